The van der Waals surface area contributed by atoms with Crippen LogP contribution in [0.1, 0.15) is 11.1 Å². The summed E-state index contributed by atoms with van der Waals surface area (Å²) in [5.74, 6) is -0.241. The fourth-order valence-electron chi connectivity index (χ4n) is 2.51. The van der Waals surface area contributed by atoms with Crippen molar-refractivity contribution in [3.05, 3.63) is 95.8 Å². The molecule has 0 radical (unpaired) electrons. The molecule has 0 atom stereocenters. The largest absolute Gasteiger partial charge is 0.219 e. The van der Waals surface area contributed by atoms with E-state index in [1.165, 1.54) is 12.1 Å². The maximum Gasteiger partial charge on any atom is 0.206 e. The quantitative estimate of drug-likeness (QED) is 0.688. The van der Waals surface area contributed by atoms with Crippen LogP contribution in [0.4, 0.5) is 4.39 Å². The third kappa shape index (κ3) is 3.71. The number of aryl methyl sites for hydroxylation is 2. The summed E-state index contributed by atoms with van der Waals surface area (Å²) < 4.78 is 37.9. The molecular weight excluding hydrogens is 323 g/mol. The predicted molar refractivity (Wildman–Crippen MR) is 92.1 cm³/mol. The van der Waals surface area contributed by atoms with Gasteiger partial charge in [0.05, 0.1) is 9.79 Å². The second-order valence-electron chi connectivity index (χ2n) is 5.59. The first-order valence-corrected chi connectivity index (χ1v) is 9.17. The Morgan fingerprint density at radius 2 is 1.08 bits per heavy atom. The van der Waals surface area contributed by atoms with Crippen LogP contribution in [-0.4, -0.2) is 8.42 Å². The summed E-state index contributed by atoms with van der Waals surface area (Å²) in [5.41, 5.74) is 2.10. The van der Waals surface area contributed by atoms with Gasteiger partial charge in [-0.15, -0.1) is 0 Å². The topological polar surface area (TPSA) is 34.1 Å². The van der Waals surface area contributed by atoms with Crippen molar-refractivity contribution < 1.29 is 12.8 Å². The molecule has 0 spiro atoms. The molecule has 24 heavy (non-hydrogen) atoms. The van der Waals surface area contributed by atoms with E-state index in [-0.39, 0.29) is 5.82 Å². The van der Waals surface area contributed by atoms with E-state index in [1.807, 2.05) is 12.1 Å². The Morgan fingerprint density at radius 1 is 0.625 bits per heavy atom. The molecule has 0 aliphatic rings. The maximum absolute atomic E-state index is 12.9. The minimum atomic E-state index is -3.47. The van der Waals surface area contributed by atoms with Crippen LogP contribution in [0.3, 0.4) is 0 Å². The Kier molecular flexibility index (Phi) is 4.76. The number of hydrogen-bond acceptors (Lipinski definition) is 2. The Labute approximate surface area is 141 Å². The maximum atomic E-state index is 12.9. The molecule has 4 heteroatoms. The Hall–Kier alpha value is -2.46. The van der Waals surface area contributed by atoms with Gasteiger partial charge in [0.15, 0.2) is 0 Å². The zero-order valence-corrected chi connectivity index (χ0v) is 13.8. The average molecular weight is 340 g/mol. The molecule has 0 aromatic heterocycles. The third-order valence-electron chi connectivity index (χ3n) is 3.90. The normalized spacial score (nSPS) is 11.4. The van der Waals surface area contributed by atoms with Gasteiger partial charge in [0.25, 0.3) is 0 Å². The number of halogens is 1. The summed E-state index contributed by atoms with van der Waals surface area (Å²) in [5, 5.41) is 0. The van der Waals surface area contributed by atoms with Gasteiger partial charge in [0.1, 0.15) is 5.82 Å². The molecular formula is C20H17FO2S. The summed E-state index contributed by atoms with van der Waals surface area (Å²) in [4.78, 5) is 0.586. The lowest BCUT2D eigenvalue weighted by Gasteiger charge is -2.06. The zero-order valence-electron chi connectivity index (χ0n) is 13.0. The molecule has 0 bridgehead atoms. The van der Waals surface area contributed by atoms with Crippen LogP contribution < -0.4 is 0 Å². The van der Waals surface area contributed by atoms with E-state index in [1.54, 1.807) is 54.6 Å². The van der Waals surface area contributed by atoms with Gasteiger partial charge in [-0.25, -0.2) is 12.8 Å². The first kappa shape index (κ1) is 16.4. The highest BCUT2D eigenvalue weighted by atomic mass is 32.2. The van der Waals surface area contributed by atoms with Gasteiger partial charge in [0.2, 0.25) is 9.84 Å². The van der Waals surface area contributed by atoms with Crippen molar-refractivity contribution in [3.63, 3.8) is 0 Å². The number of benzene rings is 3. The van der Waals surface area contributed by atoms with Crippen molar-refractivity contribution in [2.75, 3.05) is 0 Å². The van der Waals surface area contributed by atoms with E-state index in [9.17, 15) is 12.8 Å². The summed E-state index contributed by atoms with van der Waals surface area (Å²) in [6, 6.07) is 21.8. The first-order chi connectivity index (χ1) is 11.6. The average Bonchev–Trinajstić information content (AvgIpc) is 2.62. The Morgan fingerprint density at radius 3 is 1.62 bits per heavy atom. The molecule has 3 rings (SSSR count). The van der Waals surface area contributed by atoms with Gasteiger partial charge in [-0.05, 0) is 60.4 Å². The van der Waals surface area contributed by atoms with Crippen molar-refractivity contribution in [1.82, 2.24) is 0 Å². The molecule has 2 nitrogen and oxygen atoms in total. The van der Waals surface area contributed by atoms with Gasteiger partial charge >= 0.3 is 0 Å². The van der Waals surface area contributed by atoms with E-state index >= 15 is 0 Å². The molecule has 122 valence electrons. The highest BCUT2D eigenvalue weighted by Gasteiger charge is 2.16. The van der Waals surface area contributed by atoms with Crippen molar-refractivity contribution in [3.8, 4) is 0 Å². The van der Waals surface area contributed by atoms with Crippen molar-refractivity contribution in [2.45, 2.75) is 22.6 Å². The molecule has 0 saturated carbocycles. The smallest absolute Gasteiger partial charge is 0.206 e. The van der Waals surface area contributed by atoms with Crippen molar-refractivity contribution in [2.24, 2.45) is 0 Å². The fourth-order valence-corrected chi connectivity index (χ4v) is 3.79. The lowest BCUT2D eigenvalue weighted by atomic mass is 10.0. The van der Waals surface area contributed by atoms with Gasteiger partial charge in [-0.3, -0.25) is 0 Å². The predicted octanol–water partition coefficient (Wildman–Crippen LogP) is 4.44. The van der Waals surface area contributed by atoms with E-state index in [4.69, 9.17) is 0 Å². The van der Waals surface area contributed by atoms with Crippen LogP contribution in [0.2, 0.25) is 0 Å². The fraction of sp³-hybridized carbons (Fsp3) is 0.100. The van der Waals surface area contributed by atoms with Gasteiger partial charge in [-0.2, -0.15) is 0 Å². The van der Waals surface area contributed by atoms with Crippen molar-refractivity contribution >= 4 is 9.84 Å². The Bertz CT molecular complexity index is 900. The molecule has 0 aliphatic heterocycles. The van der Waals surface area contributed by atoms with Crippen LogP contribution in [0.5, 0.6) is 0 Å². The lowest BCUT2D eigenvalue weighted by molar-refractivity contribution is 0.596. The summed E-state index contributed by atoms with van der Waals surface area (Å²) in [6.45, 7) is 0. The van der Waals surface area contributed by atoms with E-state index < -0.39 is 9.84 Å². The molecule has 3 aromatic rings. The minimum Gasteiger partial charge on any atom is -0.219 e. The highest BCUT2D eigenvalue weighted by molar-refractivity contribution is 7.91. The van der Waals surface area contributed by atoms with Gasteiger partial charge in [-0.1, -0.05) is 42.5 Å². The lowest BCUT2D eigenvalue weighted by Crippen LogP contribution is -2.02. The molecule has 3 aromatic carbocycles. The SMILES string of the molecule is O=S(=O)(c1ccccc1)c1ccc(CCc2ccc(F)cc2)cc1. The zero-order chi connectivity index (χ0) is 17.0. The van der Waals surface area contributed by atoms with Crippen LogP contribution >= 0.6 is 0 Å². The Balaban J connectivity index is 1.72. The molecule has 0 N–H and O–H groups in total. The molecule has 0 unspecified atom stereocenters. The first-order valence-electron chi connectivity index (χ1n) is 7.69. The summed E-state index contributed by atoms with van der Waals surface area (Å²) in [7, 11) is -3.47. The highest BCUT2D eigenvalue weighted by Crippen LogP contribution is 2.21. The van der Waals surface area contributed by atoms with Crippen LogP contribution in [-0.2, 0) is 22.7 Å². The second kappa shape index (κ2) is 6.97. The second-order valence-corrected chi connectivity index (χ2v) is 7.54. The van der Waals surface area contributed by atoms with E-state index in [2.05, 4.69) is 0 Å². The number of hydrogen-bond donors (Lipinski definition) is 0. The molecule has 0 fully saturated rings. The molecule has 0 amide bonds. The molecule has 0 aliphatic carbocycles. The third-order valence-corrected chi connectivity index (χ3v) is 5.69. The van der Waals surface area contributed by atoms with E-state index in [0.717, 1.165) is 24.0 Å². The van der Waals surface area contributed by atoms with Crippen LogP contribution in [0.25, 0.3) is 0 Å². The van der Waals surface area contributed by atoms with Gasteiger partial charge in [0, 0.05) is 0 Å². The van der Waals surface area contributed by atoms with Crippen LogP contribution in [0.15, 0.2) is 88.7 Å². The monoisotopic (exact) mass is 340 g/mol. The summed E-state index contributed by atoms with van der Waals surface area (Å²) >= 11 is 0. The van der Waals surface area contributed by atoms with Crippen LogP contribution in [0, 0.1) is 5.82 Å². The van der Waals surface area contributed by atoms with Crippen molar-refractivity contribution in [1.29, 1.82) is 0 Å². The number of sulfone groups is 1. The number of rotatable bonds is 5. The van der Waals surface area contributed by atoms with E-state index in [0.29, 0.717) is 9.79 Å². The van der Waals surface area contributed by atoms with Gasteiger partial charge < -0.3 is 0 Å². The molecule has 0 saturated heterocycles. The summed E-state index contributed by atoms with van der Waals surface area (Å²) in [6.07, 6.45) is 1.56. The standard InChI is InChI=1S/C20H17FO2S/c21-18-12-8-16(9-13-18)6-7-17-10-14-20(15-11-17)24(22,23)19-4-2-1-3-5-19/h1-5,8-15H,6-7H2. The molecule has 0 heterocycles. The minimum absolute atomic E-state index is 0.241.